The first-order chi connectivity index (χ1) is 12.6. The van der Waals surface area contributed by atoms with Gasteiger partial charge in [0, 0.05) is 10.3 Å². The van der Waals surface area contributed by atoms with Crippen molar-refractivity contribution in [2.75, 3.05) is 11.9 Å². The molecule has 1 atom stereocenters. The molecule has 1 amide bonds. The molecule has 0 saturated carbocycles. The Morgan fingerprint density at radius 3 is 2.48 bits per heavy atom. The Morgan fingerprint density at radius 2 is 1.93 bits per heavy atom. The number of anilines is 1. The predicted octanol–water partition coefficient (Wildman–Crippen LogP) is 6.07. The molecule has 4 nitrogen and oxygen atoms in total. The van der Waals surface area contributed by atoms with E-state index >= 15 is 0 Å². The summed E-state index contributed by atoms with van der Waals surface area (Å²) >= 11 is 7.42. The van der Waals surface area contributed by atoms with E-state index in [2.05, 4.69) is 5.32 Å². The number of halogens is 2. The summed E-state index contributed by atoms with van der Waals surface area (Å²) in [6.45, 7) is 9.63. The monoisotopic (exact) mass is 417 g/mol. The zero-order chi connectivity index (χ0) is 20.6. The molecule has 152 valence electrons. The van der Waals surface area contributed by atoms with Crippen LogP contribution in [0.25, 0.3) is 0 Å². The molecule has 0 radical (unpaired) electrons. The van der Waals surface area contributed by atoms with Gasteiger partial charge < -0.3 is 10.1 Å². The Bertz CT molecular complexity index is 661. The molecule has 0 bridgehead atoms. The van der Waals surface area contributed by atoms with Gasteiger partial charge in [-0.3, -0.25) is 9.59 Å². The molecule has 0 heterocycles. The van der Waals surface area contributed by atoms with Crippen molar-refractivity contribution >= 4 is 40.9 Å². The van der Waals surface area contributed by atoms with E-state index in [4.69, 9.17) is 16.3 Å². The standard InChI is InChI=1S/C20H29ClFNO3S/c1-6-8-10-26-18(24)16(9-7-2)27-17-12-15(14(22)11-13(17)21)23-19(25)20(3,4)5/h11-12,16H,6-10H2,1-5H3,(H,23,25). The third-order valence-electron chi connectivity index (χ3n) is 3.78. The minimum atomic E-state index is -0.660. The Labute approximate surface area is 170 Å². The molecule has 0 spiro atoms. The molecule has 0 aliphatic rings. The van der Waals surface area contributed by atoms with Crippen LogP contribution >= 0.6 is 23.4 Å². The lowest BCUT2D eigenvalue weighted by Gasteiger charge is -2.20. The maximum atomic E-state index is 14.2. The van der Waals surface area contributed by atoms with Gasteiger partial charge in [-0.05, 0) is 25.0 Å². The SMILES string of the molecule is CCCCOC(=O)C(CCC)Sc1cc(NC(=O)C(C)(C)C)c(F)cc1Cl. The molecular formula is C20H29ClFNO3S. The number of esters is 1. The third kappa shape index (κ3) is 7.70. The van der Waals surface area contributed by atoms with E-state index in [1.165, 1.54) is 17.8 Å². The summed E-state index contributed by atoms with van der Waals surface area (Å²) in [5.41, 5.74) is -0.607. The summed E-state index contributed by atoms with van der Waals surface area (Å²) in [5.74, 6) is -1.21. The molecule has 1 rings (SSSR count). The highest BCUT2D eigenvalue weighted by molar-refractivity contribution is 8.00. The van der Waals surface area contributed by atoms with Crippen LogP contribution in [0, 0.1) is 11.2 Å². The average molecular weight is 418 g/mol. The number of carbonyl (C=O) groups is 2. The minimum absolute atomic E-state index is 0.0522. The maximum absolute atomic E-state index is 14.2. The fourth-order valence-electron chi connectivity index (χ4n) is 2.08. The zero-order valence-corrected chi connectivity index (χ0v) is 18.2. The molecule has 1 N–H and O–H groups in total. The molecule has 7 heteroatoms. The van der Waals surface area contributed by atoms with E-state index in [-0.39, 0.29) is 22.6 Å². The summed E-state index contributed by atoms with van der Waals surface area (Å²) in [7, 11) is 0. The Balaban J connectivity index is 3.00. The maximum Gasteiger partial charge on any atom is 0.319 e. The highest BCUT2D eigenvalue weighted by Crippen LogP contribution is 2.36. The van der Waals surface area contributed by atoms with Gasteiger partial charge in [0.15, 0.2) is 0 Å². The van der Waals surface area contributed by atoms with Gasteiger partial charge in [-0.2, -0.15) is 0 Å². The zero-order valence-electron chi connectivity index (χ0n) is 16.7. The van der Waals surface area contributed by atoms with Gasteiger partial charge in [0.2, 0.25) is 5.91 Å². The van der Waals surface area contributed by atoms with Crippen LogP contribution in [-0.2, 0) is 14.3 Å². The molecule has 0 aliphatic carbocycles. The van der Waals surface area contributed by atoms with Crippen LogP contribution in [0.1, 0.15) is 60.3 Å². The van der Waals surface area contributed by atoms with E-state index < -0.39 is 16.5 Å². The van der Waals surface area contributed by atoms with Gasteiger partial charge >= 0.3 is 5.97 Å². The number of ether oxygens (including phenoxy) is 1. The molecular weight excluding hydrogens is 389 g/mol. The highest BCUT2D eigenvalue weighted by atomic mass is 35.5. The van der Waals surface area contributed by atoms with Crippen molar-refractivity contribution in [1.29, 1.82) is 0 Å². The van der Waals surface area contributed by atoms with Gasteiger partial charge in [0.05, 0.1) is 17.3 Å². The van der Waals surface area contributed by atoms with Crippen LogP contribution in [0.5, 0.6) is 0 Å². The lowest BCUT2D eigenvalue weighted by atomic mass is 9.95. The van der Waals surface area contributed by atoms with Crippen LogP contribution in [0.3, 0.4) is 0 Å². The number of rotatable bonds is 9. The van der Waals surface area contributed by atoms with Crippen molar-refractivity contribution in [3.05, 3.63) is 23.0 Å². The molecule has 1 aromatic carbocycles. The number of amides is 1. The number of hydrogen-bond donors (Lipinski definition) is 1. The Morgan fingerprint density at radius 1 is 1.26 bits per heavy atom. The number of unbranched alkanes of at least 4 members (excludes halogenated alkanes) is 1. The normalized spacial score (nSPS) is 12.6. The predicted molar refractivity (Wildman–Crippen MR) is 110 cm³/mol. The molecule has 0 aliphatic heterocycles. The largest absolute Gasteiger partial charge is 0.465 e. The molecule has 1 unspecified atom stereocenters. The van der Waals surface area contributed by atoms with Crippen molar-refractivity contribution in [2.24, 2.45) is 5.41 Å². The Hall–Kier alpha value is -1.27. The van der Waals surface area contributed by atoms with Crippen LogP contribution in [0.15, 0.2) is 17.0 Å². The topological polar surface area (TPSA) is 55.4 Å². The highest BCUT2D eigenvalue weighted by Gasteiger charge is 2.25. The van der Waals surface area contributed by atoms with E-state index in [0.29, 0.717) is 17.9 Å². The van der Waals surface area contributed by atoms with Gasteiger partial charge in [-0.25, -0.2) is 4.39 Å². The molecule has 27 heavy (non-hydrogen) atoms. The second-order valence-corrected chi connectivity index (χ2v) is 9.03. The first-order valence-corrected chi connectivity index (χ1v) is 10.5. The number of carbonyl (C=O) groups excluding carboxylic acids is 2. The number of nitrogens with one attached hydrogen (secondary N) is 1. The van der Waals surface area contributed by atoms with Crippen molar-refractivity contribution < 1.29 is 18.7 Å². The number of benzene rings is 1. The molecule has 0 saturated heterocycles. The van der Waals surface area contributed by atoms with Crippen molar-refractivity contribution in [2.45, 2.75) is 70.4 Å². The van der Waals surface area contributed by atoms with E-state index in [9.17, 15) is 14.0 Å². The summed E-state index contributed by atoms with van der Waals surface area (Å²) < 4.78 is 19.6. The molecule has 1 aromatic rings. The minimum Gasteiger partial charge on any atom is -0.465 e. The first-order valence-electron chi connectivity index (χ1n) is 9.23. The second-order valence-electron chi connectivity index (χ2n) is 7.38. The third-order valence-corrected chi connectivity index (χ3v) is 5.51. The quantitative estimate of drug-likeness (QED) is 0.301. The van der Waals surface area contributed by atoms with Crippen LogP contribution < -0.4 is 5.32 Å². The van der Waals surface area contributed by atoms with Gasteiger partial charge in [-0.1, -0.05) is 59.1 Å². The van der Waals surface area contributed by atoms with Crippen LogP contribution in [0.4, 0.5) is 10.1 Å². The average Bonchev–Trinajstić information content (AvgIpc) is 2.57. The Kier molecular flexibility index (Phi) is 9.60. The van der Waals surface area contributed by atoms with E-state index in [1.807, 2.05) is 13.8 Å². The smallest absolute Gasteiger partial charge is 0.319 e. The van der Waals surface area contributed by atoms with Crippen molar-refractivity contribution in [1.82, 2.24) is 0 Å². The van der Waals surface area contributed by atoms with Crippen molar-refractivity contribution in [3.63, 3.8) is 0 Å². The first kappa shape index (κ1) is 23.8. The van der Waals surface area contributed by atoms with Gasteiger partial charge in [0.25, 0.3) is 0 Å². The number of hydrogen-bond acceptors (Lipinski definition) is 4. The van der Waals surface area contributed by atoms with Crippen molar-refractivity contribution in [3.8, 4) is 0 Å². The summed E-state index contributed by atoms with van der Waals surface area (Å²) in [6, 6.07) is 2.64. The number of thioether (sulfide) groups is 1. The second kappa shape index (κ2) is 10.9. The lowest BCUT2D eigenvalue weighted by Crippen LogP contribution is -2.28. The van der Waals surface area contributed by atoms with E-state index in [0.717, 1.165) is 25.3 Å². The van der Waals surface area contributed by atoms with Crippen LogP contribution in [-0.4, -0.2) is 23.7 Å². The van der Waals surface area contributed by atoms with E-state index in [1.54, 1.807) is 20.8 Å². The summed E-state index contributed by atoms with van der Waals surface area (Å²) in [6.07, 6.45) is 3.18. The summed E-state index contributed by atoms with van der Waals surface area (Å²) in [5, 5.41) is 2.36. The fourth-order valence-corrected chi connectivity index (χ4v) is 3.54. The fraction of sp³-hybridized carbons (Fsp3) is 0.600. The van der Waals surface area contributed by atoms with Crippen LogP contribution in [0.2, 0.25) is 5.02 Å². The lowest BCUT2D eigenvalue weighted by molar-refractivity contribution is -0.143. The summed E-state index contributed by atoms with van der Waals surface area (Å²) in [4.78, 5) is 25.1. The molecule has 0 fully saturated rings. The van der Waals surface area contributed by atoms with Gasteiger partial charge in [-0.15, -0.1) is 11.8 Å². The van der Waals surface area contributed by atoms with Gasteiger partial charge in [0.1, 0.15) is 11.1 Å². The molecule has 0 aromatic heterocycles.